The van der Waals surface area contributed by atoms with Crippen LogP contribution in [0.15, 0.2) is 35.4 Å². The number of nitrogens with zero attached hydrogens (tertiary/aromatic N) is 4. The Bertz CT molecular complexity index is 1340. The van der Waals surface area contributed by atoms with Gasteiger partial charge < -0.3 is 0 Å². The zero-order valence-corrected chi connectivity index (χ0v) is 20.9. The predicted molar refractivity (Wildman–Crippen MR) is 130 cm³/mol. The first-order chi connectivity index (χ1) is 15.4. The third kappa shape index (κ3) is 3.15. The van der Waals surface area contributed by atoms with Gasteiger partial charge in [0.2, 0.25) is 0 Å². The molecule has 3 saturated carbocycles. The van der Waals surface area contributed by atoms with Crippen molar-refractivity contribution in [3.63, 3.8) is 0 Å². The van der Waals surface area contributed by atoms with Gasteiger partial charge in [0.1, 0.15) is 0 Å². The van der Waals surface area contributed by atoms with Crippen LogP contribution in [0.3, 0.4) is 0 Å². The Hall–Kier alpha value is -2.44. The van der Waals surface area contributed by atoms with E-state index in [1.165, 1.54) is 6.42 Å². The molecular formula is C24H30N6OSe. The Morgan fingerprint density at radius 2 is 1.97 bits per heavy atom. The number of H-pyrrole nitrogens is 1. The predicted octanol–water partition coefficient (Wildman–Crippen LogP) is 4.22. The first-order valence-electron chi connectivity index (χ1n) is 11.5. The number of aromatic amines is 1. The van der Waals surface area contributed by atoms with Crippen molar-refractivity contribution in [3.05, 3.63) is 40.9 Å². The minimum atomic E-state index is -0.168. The Morgan fingerprint density at radius 3 is 2.69 bits per heavy atom. The molecule has 1 aromatic carbocycles. The second-order valence-corrected chi connectivity index (χ2v) is 11.4. The molecule has 0 spiro atoms. The third-order valence-corrected chi connectivity index (χ3v) is 9.86. The molecule has 3 aliphatic rings. The molecule has 3 fully saturated rings. The van der Waals surface area contributed by atoms with Gasteiger partial charge in [-0.15, -0.1) is 0 Å². The van der Waals surface area contributed by atoms with E-state index in [0.717, 1.165) is 39.2 Å². The summed E-state index contributed by atoms with van der Waals surface area (Å²) in [6, 6.07) is 8.13. The van der Waals surface area contributed by atoms with E-state index in [2.05, 4.69) is 41.0 Å². The molecule has 2 bridgehead atoms. The Balaban J connectivity index is 0.00000105. The molecular weight excluding hydrogens is 467 g/mol. The van der Waals surface area contributed by atoms with E-state index < -0.39 is 0 Å². The van der Waals surface area contributed by atoms with E-state index >= 15 is 0 Å². The standard InChI is InChI=1S/C22H24N6OSe.C2H6/c1-11-14-8-12(22(14,2)3)9-15(11)25-19-17-18(24-10-23-17)26-21(27-19)28-20(29)13-6-4-5-7-16(13)30-28;1-2/h4-7,10-12,14-15H,8-9H2,1-3H3,(H2,23,24,25,26,27);1-2H3/t11-,12+,14-,15-;/m0./s1. The number of benzene rings is 1. The van der Waals surface area contributed by atoms with Crippen molar-refractivity contribution in [1.29, 1.82) is 0 Å². The molecule has 7 nitrogen and oxygen atoms in total. The van der Waals surface area contributed by atoms with Gasteiger partial charge in [-0.3, -0.25) is 0 Å². The number of aromatic nitrogens is 5. The summed E-state index contributed by atoms with van der Waals surface area (Å²) in [5.74, 6) is 3.26. The van der Waals surface area contributed by atoms with Gasteiger partial charge in [-0.25, -0.2) is 0 Å². The van der Waals surface area contributed by atoms with E-state index in [0.29, 0.717) is 29.0 Å². The van der Waals surface area contributed by atoms with Crippen molar-refractivity contribution in [2.45, 2.75) is 53.5 Å². The van der Waals surface area contributed by atoms with Gasteiger partial charge in [0.05, 0.1) is 0 Å². The molecule has 8 heteroatoms. The second-order valence-electron chi connectivity index (χ2n) is 9.37. The summed E-state index contributed by atoms with van der Waals surface area (Å²) in [6.45, 7) is 11.2. The van der Waals surface area contributed by atoms with E-state index in [1.54, 1.807) is 9.89 Å². The molecule has 4 atom stereocenters. The number of hydrogen-bond donors (Lipinski definition) is 2. The fraction of sp³-hybridized carbons (Fsp3) is 0.500. The van der Waals surface area contributed by atoms with Gasteiger partial charge in [-0.2, -0.15) is 0 Å². The monoisotopic (exact) mass is 498 g/mol. The van der Waals surface area contributed by atoms with Crippen LogP contribution in [-0.2, 0) is 0 Å². The summed E-state index contributed by atoms with van der Waals surface area (Å²) in [7, 11) is 0. The zero-order valence-electron chi connectivity index (χ0n) is 19.2. The Morgan fingerprint density at radius 1 is 1.19 bits per heavy atom. The molecule has 0 radical (unpaired) electrons. The number of nitrogens with one attached hydrogen (secondary N) is 2. The molecule has 0 aliphatic heterocycles. The van der Waals surface area contributed by atoms with Gasteiger partial charge in [-0.1, -0.05) is 13.8 Å². The van der Waals surface area contributed by atoms with Crippen molar-refractivity contribution >= 4 is 41.4 Å². The summed E-state index contributed by atoms with van der Waals surface area (Å²) in [5.41, 5.74) is 1.81. The van der Waals surface area contributed by atoms with E-state index in [4.69, 9.17) is 4.98 Å². The van der Waals surface area contributed by atoms with Crippen LogP contribution in [0, 0.1) is 23.2 Å². The van der Waals surface area contributed by atoms with Crippen LogP contribution >= 0.6 is 0 Å². The van der Waals surface area contributed by atoms with Crippen molar-refractivity contribution in [2.24, 2.45) is 23.2 Å². The van der Waals surface area contributed by atoms with Gasteiger partial charge in [0.25, 0.3) is 0 Å². The van der Waals surface area contributed by atoms with Gasteiger partial charge >= 0.3 is 180 Å². The van der Waals surface area contributed by atoms with Crippen LogP contribution in [0.1, 0.15) is 47.5 Å². The maximum atomic E-state index is 13.0. The second kappa shape index (κ2) is 7.85. The first kappa shape index (κ1) is 21.4. The van der Waals surface area contributed by atoms with Crippen LogP contribution in [0.25, 0.3) is 26.8 Å². The van der Waals surface area contributed by atoms with Gasteiger partial charge in [0.15, 0.2) is 0 Å². The molecule has 0 unspecified atom stereocenters. The van der Waals surface area contributed by atoms with Crippen molar-refractivity contribution in [3.8, 4) is 5.95 Å². The molecule has 2 N–H and O–H groups in total. The van der Waals surface area contributed by atoms with Crippen LogP contribution in [-0.4, -0.2) is 44.3 Å². The molecule has 32 heavy (non-hydrogen) atoms. The molecule has 3 heterocycles. The molecule has 3 aliphatic carbocycles. The average Bonchev–Trinajstić information content (AvgIpc) is 3.41. The molecule has 0 amide bonds. The summed E-state index contributed by atoms with van der Waals surface area (Å²) in [6.07, 6.45) is 4.13. The maximum absolute atomic E-state index is 13.0. The topological polar surface area (TPSA) is 88.5 Å². The summed E-state index contributed by atoms with van der Waals surface area (Å²) in [5, 5.41) is 4.46. The van der Waals surface area contributed by atoms with Crippen LogP contribution in [0.2, 0.25) is 0 Å². The number of hydrogen-bond acceptors (Lipinski definition) is 5. The molecule has 4 aromatic rings. The SMILES string of the molecule is CC.C[C@@H]1[C@@H](Nc2nc(-n3[se]c4ccccc4c3=O)nc3nc[nH]c23)C[C@H]2C[C@@H]1C2(C)C. The van der Waals surface area contributed by atoms with Gasteiger partial charge in [0, 0.05) is 0 Å². The van der Waals surface area contributed by atoms with Crippen LogP contribution in [0.4, 0.5) is 5.82 Å². The Kier molecular flexibility index (Phi) is 5.25. The number of rotatable bonds is 3. The average molecular weight is 498 g/mol. The fourth-order valence-electron chi connectivity index (χ4n) is 5.64. The summed E-state index contributed by atoms with van der Waals surface area (Å²) in [4.78, 5) is 29.9. The van der Waals surface area contributed by atoms with Gasteiger partial charge in [-0.05, 0) is 0 Å². The van der Waals surface area contributed by atoms with Crippen molar-refractivity contribution in [2.75, 3.05) is 5.32 Å². The fourth-order valence-corrected chi connectivity index (χ4v) is 7.60. The molecule has 168 valence electrons. The molecule has 3 aromatic heterocycles. The zero-order chi connectivity index (χ0) is 22.6. The number of anilines is 1. The summed E-state index contributed by atoms with van der Waals surface area (Å²) < 4.78 is 2.78. The Labute approximate surface area is 193 Å². The van der Waals surface area contributed by atoms with E-state index in [-0.39, 0.29) is 20.3 Å². The first-order valence-corrected chi connectivity index (χ1v) is 13.1. The van der Waals surface area contributed by atoms with E-state index in [9.17, 15) is 4.79 Å². The van der Waals surface area contributed by atoms with Crippen LogP contribution < -0.4 is 10.9 Å². The minimum absolute atomic E-state index is 0.0273. The summed E-state index contributed by atoms with van der Waals surface area (Å²) >= 11 is -0.168. The molecule has 0 saturated heterocycles. The number of fused-ring (bicyclic) bond motifs is 4. The van der Waals surface area contributed by atoms with E-state index in [1.807, 2.05) is 38.1 Å². The van der Waals surface area contributed by atoms with Crippen molar-refractivity contribution < 1.29 is 0 Å². The quantitative estimate of drug-likeness (QED) is 0.414. The molecule has 7 rings (SSSR count). The van der Waals surface area contributed by atoms with Crippen LogP contribution in [0.5, 0.6) is 0 Å². The third-order valence-electron chi connectivity index (χ3n) is 7.62. The normalized spacial score (nSPS) is 25.8. The van der Waals surface area contributed by atoms with Crippen molar-refractivity contribution in [1.82, 2.24) is 23.5 Å². The number of imidazole rings is 1.